The molecule has 4 nitrogen and oxygen atoms in total. The minimum Gasteiger partial charge on any atom is -0.383 e. The van der Waals surface area contributed by atoms with Gasteiger partial charge >= 0.3 is 0 Å². The molecule has 1 aliphatic rings. The second-order valence-electron chi connectivity index (χ2n) is 7.08. The van der Waals surface area contributed by atoms with Gasteiger partial charge in [0.25, 0.3) is 0 Å². The molecule has 118 valence electrons. The maximum absolute atomic E-state index is 7.77. The molecule has 1 unspecified atom stereocenters. The van der Waals surface area contributed by atoms with E-state index in [-0.39, 0.29) is 11.3 Å². The largest absolute Gasteiger partial charge is 0.383 e. The van der Waals surface area contributed by atoms with Crippen LogP contribution in [0.15, 0.2) is 0 Å². The van der Waals surface area contributed by atoms with Gasteiger partial charge in [-0.2, -0.15) is 0 Å². The number of likely N-dealkylation sites (tertiary alicyclic amines) is 1. The van der Waals surface area contributed by atoms with E-state index in [1.165, 1.54) is 25.8 Å². The monoisotopic (exact) mass is 308 g/mol. The molecule has 21 heavy (non-hydrogen) atoms. The van der Waals surface area contributed by atoms with Gasteiger partial charge in [0, 0.05) is 24.4 Å². The number of nitrogens with zero attached hydrogens (tertiary/aromatic N) is 2. The Hall–Kier alpha value is -0.940. The quantitative estimate of drug-likeness (QED) is 0.663. The molecule has 0 spiro atoms. The molecule has 2 heterocycles. The fourth-order valence-electron chi connectivity index (χ4n) is 2.89. The van der Waals surface area contributed by atoms with Crippen molar-refractivity contribution in [2.75, 3.05) is 13.1 Å². The van der Waals surface area contributed by atoms with E-state index in [9.17, 15) is 0 Å². The van der Waals surface area contributed by atoms with Crippen LogP contribution in [0.4, 0.5) is 0 Å². The molecule has 1 aromatic heterocycles. The first kappa shape index (κ1) is 16.4. The van der Waals surface area contributed by atoms with E-state index in [1.807, 2.05) is 0 Å². The third-order valence-corrected chi connectivity index (χ3v) is 5.33. The molecular formula is C16H28N4S. The molecule has 1 fully saturated rings. The number of amidine groups is 1. The maximum Gasteiger partial charge on any atom is 0.135 e. The molecule has 2 rings (SSSR count). The molecule has 0 saturated carbocycles. The predicted octanol–water partition coefficient (Wildman–Crippen LogP) is 3.14. The Bertz CT molecular complexity index is 501. The molecule has 1 aromatic rings. The molecule has 1 atom stereocenters. The number of nitrogens with one attached hydrogen (secondary N) is 1. The Labute approximate surface area is 132 Å². The Balaban J connectivity index is 2.08. The predicted molar refractivity (Wildman–Crippen MR) is 90.4 cm³/mol. The van der Waals surface area contributed by atoms with Crippen LogP contribution in [0.2, 0.25) is 0 Å². The summed E-state index contributed by atoms with van der Waals surface area (Å²) in [5.74, 6) is 0.148. The van der Waals surface area contributed by atoms with Crippen molar-refractivity contribution in [2.45, 2.75) is 64.8 Å². The van der Waals surface area contributed by atoms with Gasteiger partial charge in [-0.15, -0.1) is 11.3 Å². The Kier molecular flexibility index (Phi) is 5.04. The van der Waals surface area contributed by atoms with Crippen molar-refractivity contribution < 1.29 is 0 Å². The lowest BCUT2D eigenvalue weighted by molar-refractivity contribution is 0.163. The van der Waals surface area contributed by atoms with Crippen LogP contribution in [0.5, 0.6) is 0 Å². The highest BCUT2D eigenvalue weighted by Gasteiger charge is 2.25. The van der Waals surface area contributed by atoms with Gasteiger partial charge in [0.2, 0.25) is 0 Å². The van der Waals surface area contributed by atoms with Crippen LogP contribution in [-0.2, 0) is 11.8 Å². The summed E-state index contributed by atoms with van der Waals surface area (Å²) in [5.41, 5.74) is 6.64. The molecule has 3 N–H and O–H groups in total. The summed E-state index contributed by atoms with van der Waals surface area (Å²) in [6, 6.07) is 0.688. The van der Waals surface area contributed by atoms with Crippen LogP contribution in [-0.4, -0.2) is 34.9 Å². The number of hydrogen-bond donors (Lipinski definition) is 2. The van der Waals surface area contributed by atoms with E-state index < -0.39 is 0 Å². The first-order chi connectivity index (χ1) is 9.79. The van der Waals surface area contributed by atoms with Crippen molar-refractivity contribution in [3.63, 3.8) is 0 Å². The zero-order valence-electron chi connectivity index (χ0n) is 13.7. The minimum atomic E-state index is -0.0613. The maximum atomic E-state index is 7.77. The van der Waals surface area contributed by atoms with Crippen LogP contribution in [0, 0.1) is 5.41 Å². The number of piperidine rings is 1. The second kappa shape index (κ2) is 6.44. The normalized spacial score (nSPS) is 20.7. The number of rotatable bonds is 4. The topological polar surface area (TPSA) is 66.0 Å². The van der Waals surface area contributed by atoms with Crippen molar-refractivity contribution in [2.24, 2.45) is 5.73 Å². The molecule has 0 aliphatic carbocycles. The van der Waals surface area contributed by atoms with Crippen molar-refractivity contribution in [3.8, 4) is 0 Å². The van der Waals surface area contributed by atoms with E-state index >= 15 is 0 Å². The standard InChI is InChI=1S/C16H28N4S/c1-11-7-5-6-9-20(11)10-8-12-19-14(16(2,3)4)13(21-12)15(17)18/h11H,5-10H2,1-4H3,(H3,17,18). The summed E-state index contributed by atoms with van der Waals surface area (Å²) in [6.07, 6.45) is 4.95. The number of thiazole rings is 1. The molecular weight excluding hydrogens is 280 g/mol. The Morgan fingerprint density at radius 3 is 2.67 bits per heavy atom. The Morgan fingerprint density at radius 2 is 2.14 bits per heavy atom. The van der Waals surface area contributed by atoms with Crippen LogP contribution in [0.1, 0.15) is 62.5 Å². The van der Waals surface area contributed by atoms with Crippen molar-refractivity contribution in [3.05, 3.63) is 15.6 Å². The second-order valence-corrected chi connectivity index (χ2v) is 8.16. The van der Waals surface area contributed by atoms with Gasteiger partial charge < -0.3 is 10.6 Å². The minimum absolute atomic E-state index is 0.0613. The van der Waals surface area contributed by atoms with Crippen LogP contribution in [0.25, 0.3) is 0 Å². The van der Waals surface area contributed by atoms with Crippen molar-refractivity contribution >= 4 is 17.2 Å². The number of nitrogen functional groups attached to an aromatic ring is 1. The smallest absolute Gasteiger partial charge is 0.135 e. The highest BCUT2D eigenvalue weighted by molar-refractivity contribution is 7.13. The van der Waals surface area contributed by atoms with Gasteiger partial charge in [0.1, 0.15) is 5.84 Å². The van der Waals surface area contributed by atoms with E-state index in [0.29, 0.717) is 6.04 Å². The third-order valence-electron chi connectivity index (χ3n) is 4.18. The van der Waals surface area contributed by atoms with Crippen LogP contribution >= 0.6 is 11.3 Å². The lowest BCUT2D eigenvalue weighted by atomic mass is 9.91. The van der Waals surface area contributed by atoms with Gasteiger partial charge in [-0.1, -0.05) is 27.2 Å². The number of hydrogen-bond acceptors (Lipinski definition) is 4. The lowest BCUT2D eigenvalue weighted by Gasteiger charge is -2.33. The first-order valence-electron chi connectivity index (χ1n) is 7.87. The number of aromatic nitrogens is 1. The number of nitrogens with two attached hydrogens (primary N) is 1. The summed E-state index contributed by atoms with van der Waals surface area (Å²) in [7, 11) is 0. The molecule has 0 amide bonds. The van der Waals surface area contributed by atoms with Gasteiger partial charge in [-0.25, -0.2) is 4.98 Å². The zero-order valence-corrected chi connectivity index (χ0v) is 14.5. The fourth-order valence-corrected chi connectivity index (χ4v) is 4.02. The highest BCUT2D eigenvalue weighted by Crippen LogP contribution is 2.30. The van der Waals surface area contributed by atoms with Crippen LogP contribution in [0.3, 0.4) is 0 Å². The van der Waals surface area contributed by atoms with Gasteiger partial charge in [0.05, 0.1) is 15.6 Å². The highest BCUT2D eigenvalue weighted by atomic mass is 32.1. The third kappa shape index (κ3) is 4.04. The van der Waals surface area contributed by atoms with Crippen molar-refractivity contribution in [1.29, 1.82) is 5.41 Å². The van der Waals surface area contributed by atoms with E-state index in [4.69, 9.17) is 16.1 Å². The van der Waals surface area contributed by atoms with Gasteiger partial charge in [0.15, 0.2) is 0 Å². The first-order valence-corrected chi connectivity index (χ1v) is 8.69. The fraction of sp³-hybridized carbons (Fsp3) is 0.750. The zero-order chi connectivity index (χ0) is 15.6. The summed E-state index contributed by atoms with van der Waals surface area (Å²) in [6.45, 7) is 11.0. The summed E-state index contributed by atoms with van der Waals surface area (Å²) in [4.78, 5) is 8.20. The van der Waals surface area contributed by atoms with E-state index in [2.05, 4.69) is 32.6 Å². The average molecular weight is 308 g/mol. The SMILES string of the molecule is CC1CCCCN1CCc1nc(C(C)(C)C)c(C(=N)N)s1. The van der Waals surface area contributed by atoms with Gasteiger partial charge in [-0.05, 0) is 26.3 Å². The molecule has 1 saturated heterocycles. The van der Waals surface area contributed by atoms with E-state index in [0.717, 1.165) is 28.5 Å². The molecule has 0 radical (unpaired) electrons. The molecule has 0 aromatic carbocycles. The average Bonchev–Trinajstić information content (AvgIpc) is 2.82. The van der Waals surface area contributed by atoms with Crippen LogP contribution < -0.4 is 5.73 Å². The molecule has 1 aliphatic heterocycles. The summed E-state index contributed by atoms with van der Waals surface area (Å²) in [5, 5.41) is 8.88. The molecule has 0 bridgehead atoms. The van der Waals surface area contributed by atoms with E-state index in [1.54, 1.807) is 11.3 Å². The summed E-state index contributed by atoms with van der Waals surface area (Å²) < 4.78 is 0. The Morgan fingerprint density at radius 1 is 1.43 bits per heavy atom. The molecule has 5 heteroatoms. The van der Waals surface area contributed by atoms with Gasteiger partial charge in [-0.3, -0.25) is 5.41 Å². The van der Waals surface area contributed by atoms with Crippen molar-refractivity contribution in [1.82, 2.24) is 9.88 Å². The summed E-state index contributed by atoms with van der Waals surface area (Å²) >= 11 is 1.60. The lowest BCUT2D eigenvalue weighted by Crippen LogP contribution is -2.38.